The molecule has 0 amide bonds. The van der Waals surface area contributed by atoms with Crippen LogP contribution >= 0.6 is 0 Å². The zero-order chi connectivity index (χ0) is 6.69. The van der Waals surface area contributed by atoms with Crippen molar-refractivity contribution in [3.05, 3.63) is 35.9 Å². The van der Waals surface area contributed by atoms with E-state index < -0.39 is 5.97 Å². The van der Waals surface area contributed by atoms with Gasteiger partial charge in [-0.25, -0.2) is 0 Å². The summed E-state index contributed by atoms with van der Waals surface area (Å²) >= 11 is 0. The molecule has 3 heteroatoms. The number of carboxylic acid groups (broad SMARTS) is 1. The standard InChI is InChI=1S/C7H5O2.Rb/c8-7(9)6-4-2-1-3-5-6;/h1-2,4-5H,(H,8,9);/q-1;+1. The van der Waals surface area contributed by atoms with E-state index in [1.54, 1.807) is 12.1 Å². The SMILES string of the molecule is O=C(O)c1c[c-]ccc1.[Rb+]. The smallest absolute Gasteiger partial charge is 0.487 e. The molecule has 0 aromatic heterocycles. The Kier molecular flexibility index (Phi) is 5.44. The summed E-state index contributed by atoms with van der Waals surface area (Å²) in [4.78, 5) is 10.2. The first-order valence-electron chi connectivity index (χ1n) is 2.50. The van der Waals surface area contributed by atoms with Crippen LogP contribution in [0.1, 0.15) is 10.4 Å². The minimum atomic E-state index is -0.910. The zero-order valence-electron chi connectivity index (χ0n) is 5.66. The first kappa shape index (κ1) is 10.5. The molecule has 0 unspecified atom stereocenters. The van der Waals surface area contributed by atoms with Crippen molar-refractivity contribution in [3.8, 4) is 0 Å². The van der Waals surface area contributed by atoms with Gasteiger partial charge in [-0.2, -0.15) is 30.3 Å². The summed E-state index contributed by atoms with van der Waals surface area (Å²) in [5.41, 5.74) is 0.275. The van der Waals surface area contributed by atoms with Crippen LogP contribution in [0.15, 0.2) is 24.3 Å². The molecule has 1 N–H and O–H groups in total. The van der Waals surface area contributed by atoms with Crippen LogP contribution in [0.4, 0.5) is 0 Å². The van der Waals surface area contributed by atoms with Gasteiger partial charge in [0.2, 0.25) is 0 Å². The number of carbonyl (C=O) groups is 1. The molecule has 1 aromatic carbocycles. The van der Waals surface area contributed by atoms with E-state index in [1.807, 2.05) is 0 Å². The molecule has 0 atom stereocenters. The van der Waals surface area contributed by atoms with E-state index in [0.29, 0.717) is 0 Å². The van der Waals surface area contributed by atoms with Gasteiger partial charge in [-0.05, 0) is 0 Å². The molecule has 1 rings (SSSR count). The van der Waals surface area contributed by atoms with Crippen molar-refractivity contribution in [3.63, 3.8) is 0 Å². The van der Waals surface area contributed by atoms with Crippen LogP contribution in [0.5, 0.6) is 0 Å². The molecule has 0 saturated carbocycles. The molecular formula is C7H5O2Rb. The van der Waals surface area contributed by atoms with Crippen LogP contribution in [0, 0.1) is 6.07 Å². The maximum absolute atomic E-state index is 10.2. The predicted molar refractivity (Wildman–Crippen MR) is 32.2 cm³/mol. The zero-order valence-corrected chi connectivity index (χ0v) is 10.6. The van der Waals surface area contributed by atoms with Crippen molar-refractivity contribution < 1.29 is 68.1 Å². The van der Waals surface area contributed by atoms with Crippen molar-refractivity contribution in [2.24, 2.45) is 0 Å². The van der Waals surface area contributed by atoms with Gasteiger partial charge in [-0.1, -0.05) is 5.56 Å². The molecule has 0 aliphatic heterocycles. The average Bonchev–Trinajstić information content (AvgIpc) is 1.90. The van der Waals surface area contributed by atoms with E-state index in [2.05, 4.69) is 6.07 Å². The third-order valence-corrected chi connectivity index (χ3v) is 0.954. The number of carboxylic acids is 1. The molecule has 2 nitrogen and oxygen atoms in total. The second kappa shape index (κ2) is 5.19. The molecule has 0 bridgehead atoms. The number of hydrogen-bond donors (Lipinski definition) is 1. The number of rotatable bonds is 1. The van der Waals surface area contributed by atoms with Crippen LogP contribution in [0.3, 0.4) is 0 Å². The van der Waals surface area contributed by atoms with E-state index in [9.17, 15) is 4.79 Å². The Bertz CT molecular complexity index is 208. The molecule has 0 fully saturated rings. The van der Waals surface area contributed by atoms with Gasteiger partial charge in [0.25, 0.3) is 5.97 Å². The Hall–Kier alpha value is 0.495. The van der Waals surface area contributed by atoms with Crippen LogP contribution in [-0.2, 0) is 0 Å². The topological polar surface area (TPSA) is 37.3 Å². The third-order valence-electron chi connectivity index (χ3n) is 0.954. The van der Waals surface area contributed by atoms with Gasteiger partial charge in [-0.3, -0.25) is 4.79 Å². The normalized spacial score (nSPS) is 8.00. The minimum Gasteiger partial charge on any atom is -0.487 e. The fourth-order valence-corrected chi connectivity index (χ4v) is 0.526. The predicted octanol–water partition coefficient (Wildman–Crippen LogP) is -1.81. The van der Waals surface area contributed by atoms with Crippen LogP contribution in [-0.4, -0.2) is 11.1 Å². The van der Waals surface area contributed by atoms with Gasteiger partial charge >= 0.3 is 58.2 Å². The van der Waals surface area contributed by atoms with Crippen molar-refractivity contribution in [1.82, 2.24) is 0 Å². The van der Waals surface area contributed by atoms with E-state index in [4.69, 9.17) is 5.11 Å². The minimum absolute atomic E-state index is 0. The van der Waals surface area contributed by atoms with E-state index >= 15 is 0 Å². The maximum Gasteiger partial charge on any atom is 1.00 e. The largest absolute Gasteiger partial charge is 1.00 e. The molecule has 0 saturated heterocycles. The van der Waals surface area contributed by atoms with Crippen LogP contribution < -0.4 is 58.2 Å². The number of benzene rings is 1. The summed E-state index contributed by atoms with van der Waals surface area (Å²) in [5.74, 6) is -0.910. The van der Waals surface area contributed by atoms with Crippen LogP contribution in [0.25, 0.3) is 0 Å². The van der Waals surface area contributed by atoms with Gasteiger partial charge in [0.15, 0.2) is 0 Å². The maximum atomic E-state index is 10.2. The summed E-state index contributed by atoms with van der Waals surface area (Å²) in [7, 11) is 0. The second-order valence-electron chi connectivity index (χ2n) is 1.60. The molecule has 0 spiro atoms. The van der Waals surface area contributed by atoms with Crippen molar-refractivity contribution in [2.45, 2.75) is 0 Å². The van der Waals surface area contributed by atoms with Gasteiger partial charge in [0.1, 0.15) is 0 Å². The van der Waals surface area contributed by atoms with Crippen LogP contribution in [0.2, 0.25) is 0 Å². The monoisotopic (exact) mass is 206 g/mol. The van der Waals surface area contributed by atoms with Crippen molar-refractivity contribution in [1.29, 1.82) is 0 Å². The molecule has 1 aromatic rings. The first-order valence-corrected chi connectivity index (χ1v) is 2.50. The van der Waals surface area contributed by atoms with Crippen molar-refractivity contribution >= 4 is 5.97 Å². The first-order chi connectivity index (χ1) is 4.30. The Morgan fingerprint density at radius 2 is 2.30 bits per heavy atom. The molecule has 0 radical (unpaired) electrons. The summed E-state index contributed by atoms with van der Waals surface area (Å²) in [6, 6.07) is 8.92. The second-order valence-corrected chi connectivity index (χ2v) is 1.60. The van der Waals surface area contributed by atoms with E-state index in [0.717, 1.165) is 0 Å². The van der Waals surface area contributed by atoms with Gasteiger partial charge in [-0.15, -0.1) is 0 Å². The van der Waals surface area contributed by atoms with Gasteiger partial charge in [0.05, 0.1) is 0 Å². The molecular weight excluding hydrogens is 202 g/mol. The Morgan fingerprint density at radius 3 is 2.60 bits per heavy atom. The summed E-state index contributed by atoms with van der Waals surface area (Å²) in [6.45, 7) is 0. The fraction of sp³-hybridized carbons (Fsp3) is 0. The number of hydrogen-bond acceptors (Lipinski definition) is 1. The summed E-state index contributed by atoms with van der Waals surface area (Å²) in [5, 5.41) is 8.36. The van der Waals surface area contributed by atoms with E-state index in [1.165, 1.54) is 12.1 Å². The molecule has 46 valence electrons. The summed E-state index contributed by atoms with van der Waals surface area (Å²) < 4.78 is 0. The summed E-state index contributed by atoms with van der Waals surface area (Å²) in [6.07, 6.45) is 0. The molecule has 0 aliphatic rings. The average molecular weight is 207 g/mol. The van der Waals surface area contributed by atoms with Gasteiger partial charge < -0.3 is 5.11 Å². The molecule has 0 heterocycles. The Balaban J connectivity index is 0.000000810. The number of aromatic carboxylic acids is 1. The Labute approximate surface area is 108 Å². The van der Waals surface area contributed by atoms with Crippen molar-refractivity contribution in [2.75, 3.05) is 0 Å². The molecule has 10 heavy (non-hydrogen) atoms. The fourth-order valence-electron chi connectivity index (χ4n) is 0.526. The molecule has 0 aliphatic carbocycles. The van der Waals surface area contributed by atoms with E-state index in [-0.39, 0.29) is 63.8 Å². The third kappa shape index (κ3) is 3.06. The quantitative estimate of drug-likeness (QED) is 0.550. The van der Waals surface area contributed by atoms with Gasteiger partial charge in [0, 0.05) is 0 Å². The Morgan fingerprint density at radius 1 is 1.60 bits per heavy atom.